The fourth-order valence-electron chi connectivity index (χ4n) is 2.85. The predicted molar refractivity (Wildman–Crippen MR) is 94.6 cm³/mol. The lowest BCUT2D eigenvalue weighted by Gasteiger charge is -2.29. The maximum atomic E-state index is 12.8. The summed E-state index contributed by atoms with van der Waals surface area (Å²) >= 11 is 12.3. The standard InChI is InChI=1S/C16H16Cl2N2O4S/c1-9-13(7-15(24-9)25(22,23)19-2)16(21)20-4-3-12-10(8-20)5-11(17)6-14(12)18/h5-7,19H,3-4,8H2,1-2H3. The molecule has 2 heterocycles. The van der Waals surface area contributed by atoms with Crippen molar-refractivity contribution >= 4 is 39.1 Å². The number of aryl methyl sites for hydroxylation is 1. The lowest BCUT2D eigenvalue weighted by Crippen LogP contribution is -2.36. The molecule has 0 saturated heterocycles. The van der Waals surface area contributed by atoms with E-state index in [1.54, 1.807) is 24.0 Å². The first-order chi connectivity index (χ1) is 11.7. The highest BCUT2D eigenvalue weighted by atomic mass is 35.5. The molecule has 1 aliphatic rings. The van der Waals surface area contributed by atoms with Gasteiger partial charge < -0.3 is 9.32 Å². The molecule has 2 aromatic rings. The summed E-state index contributed by atoms with van der Waals surface area (Å²) in [7, 11) is -2.46. The Bertz CT molecular complexity index is 953. The highest BCUT2D eigenvalue weighted by Gasteiger charge is 2.28. The summed E-state index contributed by atoms with van der Waals surface area (Å²) in [6, 6.07) is 4.74. The maximum absolute atomic E-state index is 12.8. The zero-order valence-corrected chi connectivity index (χ0v) is 15.9. The second kappa shape index (κ2) is 6.64. The molecule has 0 fully saturated rings. The van der Waals surface area contributed by atoms with Crippen LogP contribution in [0.2, 0.25) is 10.0 Å². The minimum Gasteiger partial charge on any atom is -0.448 e. The maximum Gasteiger partial charge on any atom is 0.273 e. The number of fused-ring (bicyclic) bond motifs is 1. The van der Waals surface area contributed by atoms with Crippen LogP contribution in [0, 0.1) is 6.92 Å². The molecule has 1 amide bonds. The van der Waals surface area contributed by atoms with Gasteiger partial charge in [-0.1, -0.05) is 23.2 Å². The average molecular weight is 403 g/mol. The van der Waals surface area contributed by atoms with Crippen LogP contribution in [0.25, 0.3) is 0 Å². The first-order valence-corrected chi connectivity index (χ1v) is 9.77. The minimum absolute atomic E-state index is 0.227. The number of halogens is 2. The number of hydrogen-bond acceptors (Lipinski definition) is 4. The summed E-state index contributed by atoms with van der Waals surface area (Å²) in [4.78, 5) is 14.4. The number of benzene rings is 1. The number of nitrogens with one attached hydrogen (secondary N) is 1. The number of amides is 1. The monoisotopic (exact) mass is 402 g/mol. The molecular formula is C16H16Cl2N2O4S. The Balaban J connectivity index is 1.90. The van der Waals surface area contributed by atoms with Gasteiger partial charge in [0, 0.05) is 29.2 Å². The van der Waals surface area contributed by atoms with E-state index in [-0.39, 0.29) is 22.3 Å². The summed E-state index contributed by atoms with van der Waals surface area (Å²) in [5, 5.41) is 0.829. The SMILES string of the molecule is CNS(=O)(=O)c1cc(C(=O)N2CCc3c(Cl)cc(Cl)cc3C2)c(C)o1. The first-order valence-electron chi connectivity index (χ1n) is 7.53. The van der Waals surface area contributed by atoms with Gasteiger partial charge in [0.05, 0.1) is 5.56 Å². The fraction of sp³-hybridized carbons (Fsp3) is 0.312. The van der Waals surface area contributed by atoms with Gasteiger partial charge in [-0.2, -0.15) is 0 Å². The molecule has 25 heavy (non-hydrogen) atoms. The van der Waals surface area contributed by atoms with Crippen molar-refractivity contribution in [1.82, 2.24) is 9.62 Å². The van der Waals surface area contributed by atoms with E-state index in [1.807, 2.05) is 0 Å². The van der Waals surface area contributed by atoms with Crippen LogP contribution in [0.5, 0.6) is 0 Å². The Hall–Kier alpha value is -1.54. The van der Waals surface area contributed by atoms with Crippen molar-refractivity contribution in [2.75, 3.05) is 13.6 Å². The highest BCUT2D eigenvalue weighted by Crippen LogP contribution is 2.31. The molecule has 6 nitrogen and oxygen atoms in total. The Kier molecular flexibility index (Phi) is 4.85. The van der Waals surface area contributed by atoms with Gasteiger partial charge in [0.15, 0.2) is 0 Å². The second-order valence-electron chi connectivity index (χ2n) is 5.74. The molecule has 0 atom stereocenters. The molecular weight excluding hydrogens is 387 g/mol. The molecule has 3 rings (SSSR count). The Morgan fingerprint density at radius 1 is 1.28 bits per heavy atom. The van der Waals surface area contributed by atoms with Crippen molar-refractivity contribution in [3.05, 3.63) is 50.7 Å². The van der Waals surface area contributed by atoms with E-state index in [2.05, 4.69) is 4.72 Å². The zero-order valence-electron chi connectivity index (χ0n) is 13.6. The van der Waals surface area contributed by atoms with E-state index in [0.29, 0.717) is 29.6 Å². The minimum atomic E-state index is -3.75. The molecule has 1 aromatic carbocycles. The Morgan fingerprint density at radius 2 is 2.00 bits per heavy atom. The summed E-state index contributed by atoms with van der Waals surface area (Å²) < 4.78 is 31.1. The number of hydrogen-bond donors (Lipinski definition) is 1. The van der Waals surface area contributed by atoms with Crippen LogP contribution in [-0.2, 0) is 23.0 Å². The third-order valence-corrected chi connectivity index (χ3v) is 6.02. The van der Waals surface area contributed by atoms with Crippen molar-refractivity contribution < 1.29 is 17.6 Å². The fourth-order valence-corrected chi connectivity index (χ4v) is 4.19. The normalized spacial score (nSPS) is 14.5. The predicted octanol–water partition coefficient (Wildman–Crippen LogP) is 3.00. The third kappa shape index (κ3) is 3.42. The van der Waals surface area contributed by atoms with E-state index < -0.39 is 10.0 Å². The van der Waals surface area contributed by atoms with Crippen molar-refractivity contribution in [1.29, 1.82) is 0 Å². The van der Waals surface area contributed by atoms with E-state index >= 15 is 0 Å². The van der Waals surface area contributed by atoms with Gasteiger partial charge in [-0.25, -0.2) is 13.1 Å². The number of nitrogens with zero attached hydrogens (tertiary/aromatic N) is 1. The average Bonchev–Trinajstić information content (AvgIpc) is 2.96. The van der Waals surface area contributed by atoms with Crippen molar-refractivity contribution in [3.8, 4) is 0 Å². The van der Waals surface area contributed by atoms with Crippen LogP contribution >= 0.6 is 23.2 Å². The van der Waals surface area contributed by atoms with E-state index in [1.165, 1.54) is 13.1 Å². The second-order valence-corrected chi connectivity index (χ2v) is 8.41. The molecule has 0 aliphatic carbocycles. The molecule has 0 saturated carbocycles. The van der Waals surface area contributed by atoms with Crippen LogP contribution in [-0.4, -0.2) is 32.8 Å². The van der Waals surface area contributed by atoms with Gasteiger partial charge in [-0.15, -0.1) is 0 Å². The van der Waals surface area contributed by atoms with Crippen LogP contribution in [0.3, 0.4) is 0 Å². The molecule has 0 bridgehead atoms. The van der Waals surface area contributed by atoms with Gasteiger partial charge in [0.25, 0.3) is 15.9 Å². The number of sulfonamides is 1. The third-order valence-electron chi connectivity index (χ3n) is 4.19. The lowest BCUT2D eigenvalue weighted by atomic mass is 9.99. The van der Waals surface area contributed by atoms with Crippen LogP contribution in [0.4, 0.5) is 0 Å². The Morgan fingerprint density at radius 3 is 2.68 bits per heavy atom. The molecule has 0 spiro atoms. The van der Waals surface area contributed by atoms with Gasteiger partial charge in [-0.05, 0) is 43.7 Å². The van der Waals surface area contributed by atoms with Crippen LogP contribution < -0.4 is 4.72 Å². The van der Waals surface area contributed by atoms with Gasteiger partial charge in [0.1, 0.15) is 5.76 Å². The van der Waals surface area contributed by atoms with E-state index in [4.69, 9.17) is 27.6 Å². The first kappa shape index (κ1) is 18.3. The van der Waals surface area contributed by atoms with E-state index in [9.17, 15) is 13.2 Å². The summed E-state index contributed by atoms with van der Waals surface area (Å²) in [6.45, 7) is 2.40. The molecule has 134 valence electrons. The molecule has 0 radical (unpaired) electrons. The molecule has 1 aromatic heterocycles. The van der Waals surface area contributed by atoms with Crippen molar-refractivity contribution in [2.45, 2.75) is 25.0 Å². The topological polar surface area (TPSA) is 79.6 Å². The molecule has 1 N–H and O–H groups in total. The number of furan rings is 1. The number of carbonyl (C=O) groups excluding carboxylic acids is 1. The van der Waals surface area contributed by atoms with Crippen molar-refractivity contribution in [2.24, 2.45) is 0 Å². The molecule has 1 aliphatic heterocycles. The van der Waals surface area contributed by atoms with Gasteiger partial charge in [0.2, 0.25) is 5.09 Å². The molecule has 9 heteroatoms. The Labute approximate surface area is 155 Å². The summed E-state index contributed by atoms with van der Waals surface area (Å²) in [5.41, 5.74) is 2.10. The van der Waals surface area contributed by atoms with Crippen LogP contribution in [0.15, 0.2) is 27.7 Å². The van der Waals surface area contributed by atoms with Gasteiger partial charge in [-0.3, -0.25) is 4.79 Å². The smallest absolute Gasteiger partial charge is 0.273 e. The lowest BCUT2D eigenvalue weighted by molar-refractivity contribution is 0.0733. The van der Waals surface area contributed by atoms with Crippen molar-refractivity contribution in [3.63, 3.8) is 0 Å². The van der Waals surface area contributed by atoms with E-state index in [0.717, 1.165) is 11.1 Å². The highest BCUT2D eigenvalue weighted by molar-refractivity contribution is 7.89. The number of carbonyl (C=O) groups is 1. The quantitative estimate of drug-likeness (QED) is 0.855. The summed E-state index contributed by atoms with van der Waals surface area (Å²) in [6.07, 6.45) is 0.607. The zero-order chi connectivity index (χ0) is 18.4. The largest absolute Gasteiger partial charge is 0.448 e. The molecule has 0 unspecified atom stereocenters. The number of rotatable bonds is 3. The van der Waals surface area contributed by atoms with Gasteiger partial charge >= 0.3 is 0 Å². The van der Waals surface area contributed by atoms with Crippen LogP contribution in [0.1, 0.15) is 27.2 Å². The summed E-state index contributed by atoms with van der Waals surface area (Å²) in [5.74, 6) is -0.0331.